The first-order chi connectivity index (χ1) is 12.2. The largest absolute Gasteiger partial charge is 0.302 e. The summed E-state index contributed by atoms with van der Waals surface area (Å²) in [7, 11) is 0. The van der Waals surface area contributed by atoms with Crippen LogP contribution in [0.2, 0.25) is 0 Å². The summed E-state index contributed by atoms with van der Waals surface area (Å²) in [6, 6.07) is 2.35. The van der Waals surface area contributed by atoms with Crippen molar-refractivity contribution in [1.82, 2.24) is 14.9 Å². The Morgan fingerprint density at radius 3 is 3.20 bits per heavy atom. The quantitative estimate of drug-likeness (QED) is 0.914. The fraction of sp³-hybridized carbons (Fsp3) is 0.421. The van der Waals surface area contributed by atoms with Crippen molar-refractivity contribution >= 4 is 28.5 Å². The number of nitrogens with zero attached hydrogens (tertiary/aromatic N) is 3. The van der Waals surface area contributed by atoms with Crippen LogP contribution in [0.3, 0.4) is 0 Å². The van der Waals surface area contributed by atoms with Gasteiger partial charge in [-0.25, -0.2) is 4.98 Å². The Hall–Kier alpha value is -2.05. The van der Waals surface area contributed by atoms with Gasteiger partial charge in [-0.1, -0.05) is 12.1 Å². The molecule has 1 amide bonds. The molecule has 0 aromatic carbocycles. The molecule has 1 fully saturated rings. The van der Waals surface area contributed by atoms with E-state index in [1.165, 1.54) is 35.8 Å². The molecule has 25 heavy (non-hydrogen) atoms. The molecule has 3 heterocycles. The van der Waals surface area contributed by atoms with Crippen molar-refractivity contribution in [3.8, 4) is 0 Å². The Bertz CT molecular complexity index is 814. The van der Waals surface area contributed by atoms with Gasteiger partial charge in [-0.2, -0.15) is 0 Å². The predicted molar refractivity (Wildman–Crippen MR) is 101 cm³/mol. The Kier molecular flexibility index (Phi) is 4.63. The molecule has 1 aliphatic heterocycles. The van der Waals surface area contributed by atoms with Gasteiger partial charge in [-0.05, 0) is 48.9 Å². The summed E-state index contributed by atoms with van der Waals surface area (Å²) in [5.41, 5.74) is 3.86. The van der Waals surface area contributed by atoms with Gasteiger partial charge in [0, 0.05) is 37.3 Å². The van der Waals surface area contributed by atoms with Crippen molar-refractivity contribution in [2.24, 2.45) is 0 Å². The van der Waals surface area contributed by atoms with Gasteiger partial charge in [0.05, 0.1) is 5.69 Å². The van der Waals surface area contributed by atoms with Crippen molar-refractivity contribution in [3.05, 3.63) is 46.2 Å². The van der Waals surface area contributed by atoms with Gasteiger partial charge in [0.2, 0.25) is 5.91 Å². The maximum atomic E-state index is 11.1. The van der Waals surface area contributed by atoms with Crippen LogP contribution in [0, 0.1) is 0 Å². The number of thiazole rings is 1. The molecule has 2 aromatic heterocycles. The zero-order chi connectivity index (χ0) is 17.2. The first-order valence-corrected chi connectivity index (χ1v) is 9.59. The number of fused-ring (bicyclic) bond motifs is 1. The van der Waals surface area contributed by atoms with Crippen molar-refractivity contribution < 1.29 is 4.79 Å². The van der Waals surface area contributed by atoms with Gasteiger partial charge >= 0.3 is 0 Å². The SMILES string of the molecule is CC(=O)Nc1ncc(CN2CCCC(c3cnc4c(c3)CC=C4)C2)s1. The van der Waals surface area contributed by atoms with Crippen LogP contribution >= 0.6 is 11.3 Å². The van der Waals surface area contributed by atoms with E-state index in [9.17, 15) is 4.79 Å². The van der Waals surface area contributed by atoms with E-state index in [0.717, 1.165) is 31.7 Å². The maximum absolute atomic E-state index is 11.1. The average Bonchev–Trinajstić information content (AvgIpc) is 3.23. The summed E-state index contributed by atoms with van der Waals surface area (Å²) in [5.74, 6) is 0.479. The van der Waals surface area contributed by atoms with Crippen LogP contribution in [0.25, 0.3) is 6.08 Å². The fourth-order valence-electron chi connectivity index (χ4n) is 3.65. The van der Waals surface area contributed by atoms with Crippen LogP contribution in [-0.4, -0.2) is 33.9 Å². The van der Waals surface area contributed by atoms with E-state index in [0.29, 0.717) is 11.0 Å². The van der Waals surface area contributed by atoms with E-state index in [1.54, 1.807) is 11.3 Å². The van der Waals surface area contributed by atoms with Crippen molar-refractivity contribution in [2.45, 2.75) is 38.6 Å². The van der Waals surface area contributed by atoms with Crippen molar-refractivity contribution in [3.63, 3.8) is 0 Å². The number of carbonyl (C=O) groups excluding carboxylic acids is 1. The lowest BCUT2D eigenvalue weighted by Crippen LogP contribution is -2.33. The van der Waals surface area contributed by atoms with Crippen LogP contribution < -0.4 is 5.32 Å². The Morgan fingerprint density at radius 2 is 2.32 bits per heavy atom. The highest BCUT2D eigenvalue weighted by molar-refractivity contribution is 7.15. The third-order valence-corrected chi connectivity index (χ3v) is 5.73. The van der Waals surface area contributed by atoms with E-state index in [-0.39, 0.29) is 5.91 Å². The second-order valence-corrected chi connectivity index (χ2v) is 7.92. The number of hydrogen-bond donors (Lipinski definition) is 1. The maximum Gasteiger partial charge on any atom is 0.223 e. The molecular formula is C19H22N4OS. The Labute approximate surface area is 151 Å². The average molecular weight is 354 g/mol. The molecule has 1 N–H and O–H groups in total. The first kappa shape index (κ1) is 16.4. The number of amides is 1. The minimum Gasteiger partial charge on any atom is -0.302 e. The monoisotopic (exact) mass is 354 g/mol. The fourth-order valence-corrected chi connectivity index (χ4v) is 4.56. The summed E-state index contributed by atoms with van der Waals surface area (Å²) < 4.78 is 0. The number of allylic oxidation sites excluding steroid dienone is 1. The first-order valence-electron chi connectivity index (χ1n) is 8.77. The number of likely N-dealkylation sites (tertiary alicyclic amines) is 1. The normalized spacial score (nSPS) is 19.8. The molecule has 1 unspecified atom stereocenters. The highest BCUT2D eigenvalue weighted by Crippen LogP contribution is 2.30. The van der Waals surface area contributed by atoms with Gasteiger partial charge in [-0.3, -0.25) is 14.7 Å². The summed E-state index contributed by atoms with van der Waals surface area (Å²) in [6.07, 6.45) is 11.7. The molecule has 0 bridgehead atoms. The van der Waals surface area contributed by atoms with Crippen LogP contribution in [-0.2, 0) is 17.8 Å². The molecule has 0 spiro atoms. The molecule has 0 radical (unpaired) electrons. The molecule has 1 saturated heterocycles. The Balaban J connectivity index is 1.41. The van der Waals surface area contributed by atoms with E-state index in [1.807, 2.05) is 6.20 Å². The standard InChI is InChI=1S/C19H22N4OS/c1-13(24)22-19-21-10-17(25-19)12-23-7-3-5-15(11-23)16-8-14-4-2-6-18(14)20-9-16/h2,6,8-10,15H,3-5,7,11-12H2,1H3,(H,21,22,24). The van der Waals surface area contributed by atoms with Gasteiger partial charge < -0.3 is 5.32 Å². The second kappa shape index (κ2) is 7.06. The van der Waals surface area contributed by atoms with Gasteiger partial charge in [0.15, 0.2) is 5.13 Å². The molecular weight excluding hydrogens is 332 g/mol. The van der Waals surface area contributed by atoms with Crippen molar-refractivity contribution in [2.75, 3.05) is 18.4 Å². The van der Waals surface area contributed by atoms with E-state index in [2.05, 4.69) is 44.6 Å². The number of rotatable bonds is 4. The van der Waals surface area contributed by atoms with Gasteiger partial charge in [0.1, 0.15) is 0 Å². The van der Waals surface area contributed by atoms with Crippen LogP contribution in [0.5, 0.6) is 0 Å². The minimum absolute atomic E-state index is 0.0717. The topological polar surface area (TPSA) is 58.1 Å². The molecule has 6 heteroatoms. The summed E-state index contributed by atoms with van der Waals surface area (Å²) >= 11 is 1.56. The summed E-state index contributed by atoms with van der Waals surface area (Å²) in [4.78, 5) is 23.7. The molecule has 2 aromatic rings. The number of nitrogens with one attached hydrogen (secondary N) is 1. The molecule has 5 nitrogen and oxygen atoms in total. The lowest BCUT2D eigenvalue weighted by Gasteiger charge is -2.32. The third-order valence-electron chi connectivity index (χ3n) is 4.83. The summed E-state index contributed by atoms with van der Waals surface area (Å²) in [5, 5.41) is 3.44. The highest BCUT2D eigenvalue weighted by Gasteiger charge is 2.23. The zero-order valence-electron chi connectivity index (χ0n) is 14.4. The van der Waals surface area contributed by atoms with E-state index in [4.69, 9.17) is 0 Å². The van der Waals surface area contributed by atoms with Crippen LogP contribution in [0.15, 0.2) is 24.5 Å². The Morgan fingerprint density at radius 1 is 1.40 bits per heavy atom. The van der Waals surface area contributed by atoms with Crippen LogP contribution in [0.4, 0.5) is 5.13 Å². The number of pyridine rings is 1. The molecule has 2 aliphatic rings. The lowest BCUT2D eigenvalue weighted by molar-refractivity contribution is -0.114. The van der Waals surface area contributed by atoms with Crippen molar-refractivity contribution in [1.29, 1.82) is 0 Å². The van der Waals surface area contributed by atoms with Gasteiger partial charge in [0.25, 0.3) is 0 Å². The smallest absolute Gasteiger partial charge is 0.223 e. The molecule has 1 atom stereocenters. The third kappa shape index (κ3) is 3.80. The molecule has 1 aliphatic carbocycles. The number of aromatic nitrogens is 2. The lowest BCUT2D eigenvalue weighted by atomic mass is 9.90. The minimum atomic E-state index is -0.0717. The van der Waals surface area contributed by atoms with E-state index < -0.39 is 0 Å². The zero-order valence-corrected chi connectivity index (χ0v) is 15.2. The van der Waals surface area contributed by atoms with E-state index >= 15 is 0 Å². The number of hydrogen-bond acceptors (Lipinski definition) is 5. The number of carbonyl (C=O) groups is 1. The molecule has 0 saturated carbocycles. The number of piperidine rings is 1. The second-order valence-electron chi connectivity index (χ2n) is 6.81. The molecule has 130 valence electrons. The van der Waals surface area contributed by atoms with Gasteiger partial charge in [-0.15, -0.1) is 11.3 Å². The number of anilines is 1. The molecule has 4 rings (SSSR count). The summed E-state index contributed by atoms with van der Waals surface area (Å²) in [6.45, 7) is 4.58. The predicted octanol–water partition coefficient (Wildman–Crippen LogP) is 3.45. The highest BCUT2D eigenvalue weighted by atomic mass is 32.1. The van der Waals surface area contributed by atoms with Crippen LogP contribution in [0.1, 0.15) is 47.4 Å².